The maximum atomic E-state index is 13.0. The van der Waals surface area contributed by atoms with Crippen molar-refractivity contribution in [3.63, 3.8) is 0 Å². The van der Waals surface area contributed by atoms with E-state index < -0.39 is 11.9 Å². The van der Waals surface area contributed by atoms with Crippen LogP contribution < -0.4 is 0 Å². The minimum atomic E-state index is -0.896. The minimum absolute atomic E-state index is 0.433. The first kappa shape index (κ1) is 11.7. The quantitative estimate of drug-likeness (QED) is 0.880. The fourth-order valence-corrected chi connectivity index (χ4v) is 1.72. The molecule has 0 aromatic carbocycles. The number of aromatic nitrogens is 3. The van der Waals surface area contributed by atoms with E-state index in [0.717, 1.165) is 19.2 Å². The highest BCUT2D eigenvalue weighted by molar-refractivity contribution is 5.22. The van der Waals surface area contributed by atoms with E-state index in [9.17, 15) is 9.50 Å². The Bertz CT molecular complexity index is 498. The summed E-state index contributed by atoms with van der Waals surface area (Å²) in [5, 5.41) is 14.3. The second-order valence-electron chi connectivity index (χ2n) is 3.82. The molecule has 0 fully saturated rings. The third-order valence-electron chi connectivity index (χ3n) is 2.51. The fraction of sp³-hybridized carbons (Fsp3) is 0.333. The normalized spacial score (nSPS) is 12.6. The summed E-state index contributed by atoms with van der Waals surface area (Å²) < 4.78 is 14.7. The van der Waals surface area contributed by atoms with E-state index in [2.05, 4.69) is 10.1 Å². The third-order valence-corrected chi connectivity index (χ3v) is 2.51. The maximum Gasteiger partial charge on any atom is 0.141 e. The van der Waals surface area contributed by atoms with Gasteiger partial charge in [-0.05, 0) is 18.6 Å². The zero-order valence-electron chi connectivity index (χ0n) is 9.55. The van der Waals surface area contributed by atoms with Gasteiger partial charge in [-0.2, -0.15) is 5.10 Å². The number of hydrogen-bond donors (Lipinski definition) is 1. The van der Waals surface area contributed by atoms with Crippen molar-refractivity contribution in [2.45, 2.75) is 26.0 Å². The summed E-state index contributed by atoms with van der Waals surface area (Å²) in [5.74, 6) is -0.455. The molecule has 5 heteroatoms. The number of pyridine rings is 1. The number of hydrogen-bond acceptors (Lipinski definition) is 3. The van der Waals surface area contributed by atoms with Crippen LogP contribution in [-0.4, -0.2) is 19.9 Å². The topological polar surface area (TPSA) is 50.9 Å². The van der Waals surface area contributed by atoms with Crippen molar-refractivity contribution >= 4 is 0 Å². The Morgan fingerprint density at radius 3 is 3.00 bits per heavy atom. The number of aliphatic hydroxyl groups is 1. The SMILES string of the molecule is CCCn1nccc1C(O)c1cncc(F)c1. The molecule has 0 aliphatic rings. The van der Waals surface area contributed by atoms with Crippen molar-refractivity contribution in [3.8, 4) is 0 Å². The molecule has 0 radical (unpaired) electrons. The van der Waals surface area contributed by atoms with Gasteiger partial charge >= 0.3 is 0 Å². The lowest BCUT2D eigenvalue weighted by molar-refractivity contribution is 0.206. The highest BCUT2D eigenvalue weighted by Gasteiger charge is 2.15. The van der Waals surface area contributed by atoms with Crippen LogP contribution in [0.15, 0.2) is 30.7 Å². The van der Waals surface area contributed by atoms with Crippen molar-refractivity contribution in [1.82, 2.24) is 14.8 Å². The van der Waals surface area contributed by atoms with E-state index in [1.165, 1.54) is 12.3 Å². The fourth-order valence-electron chi connectivity index (χ4n) is 1.72. The average molecular weight is 235 g/mol. The third kappa shape index (κ3) is 2.50. The Kier molecular flexibility index (Phi) is 3.49. The summed E-state index contributed by atoms with van der Waals surface area (Å²) >= 11 is 0. The Labute approximate surface area is 98.7 Å². The molecule has 0 amide bonds. The van der Waals surface area contributed by atoms with Crippen molar-refractivity contribution in [2.24, 2.45) is 0 Å². The molecule has 0 spiro atoms. The lowest BCUT2D eigenvalue weighted by atomic mass is 10.1. The number of rotatable bonds is 4. The zero-order valence-corrected chi connectivity index (χ0v) is 9.55. The van der Waals surface area contributed by atoms with Crippen LogP contribution in [0, 0.1) is 5.82 Å². The van der Waals surface area contributed by atoms with Crippen LogP contribution in [0.3, 0.4) is 0 Å². The number of aliphatic hydroxyl groups excluding tert-OH is 1. The summed E-state index contributed by atoms with van der Waals surface area (Å²) in [4.78, 5) is 3.73. The summed E-state index contributed by atoms with van der Waals surface area (Å²) in [6, 6.07) is 3.01. The predicted octanol–water partition coefficient (Wildman–Crippen LogP) is 1.91. The van der Waals surface area contributed by atoms with Gasteiger partial charge in [0.2, 0.25) is 0 Å². The average Bonchev–Trinajstić information content (AvgIpc) is 2.77. The molecule has 4 nitrogen and oxygen atoms in total. The van der Waals surface area contributed by atoms with Crippen LogP contribution in [0.1, 0.15) is 30.7 Å². The highest BCUT2D eigenvalue weighted by Crippen LogP contribution is 2.21. The van der Waals surface area contributed by atoms with Gasteiger partial charge in [-0.1, -0.05) is 6.92 Å². The molecular formula is C12H14FN3O. The predicted molar refractivity (Wildman–Crippen MR) is 60.8 cm³/mol. The van der Waals surface area contributed by atoms with Crippen LogP contribution >= 0.6 is 0 Å². The Balaban J connectivity index is 2.30. The molecular weight excluding hydrogens is 221 g/mol. The number of nitrogens with zero attached hydrogens (tertiary/aromatic N) is 3. The molecule has 0 aliphatic carbocycles. The Morgan fingerprint density at radius 1 is 1.47 bits per heavy atom. The number of halogens is 1. The van der Waals surface area contributed by atoms with Gasteiger partial charge in [0.25, 0.3) is 0 Å². The van der Waals surface area contributed by atoms with E-state index in [4.69, 9.17) is 0 Å². The van der Waals surface area contributed by atoms with Crippen LogP contribution in [0.4, 0.5) is 4.39 Å². The van der Waals surface area contributed by atoms with Gasteiger partial charge in [-0.3, -0.25) is 9.67 Å². The van der Waals surface area contributed by atoms with Crippen molar-refractivity contribution < 1.29 is 9.50 Å². The van der Waals surface area contributed by atoms with Crippen molar-refractivity contribution in [1.29, 1.82) is 0 Å². The lowest BCUT2D eigenvalue weighted by Crippen LogP contribution is -2.10. The standard InChI is InChI=1S/C12H14FN3O/c1-2-5-16-11(3-4-15-16)12(17)9-6-10(13)8-14-7-9/h3-4,6-8,12,17H,2,5H2,1H3. The molecule has 1 N–H and O–H groups in total. The Morgan fingerprint density at radius 2 is 2.29 bits per heavy atom. The first-order valence-electron chi connectivity index (χ1n) is 5.52. The van der Waals surface area contributed by atoms with Crippen molar-refractivity contribution in [2.75, 3.05) is 0 Å². The molecule has 0 aliphatic heterocycles. The van der Waals surface area contributed by atoms with E-state index in [0.29, 0.717) is 11.3 Å². The number of aryl methyl sites for hydroxylation is 1. The van der Waals surface area contributed by atoms with E-state index >= 15 is 0 Å². The molecule has 90 valence electrons. The second kappa shape index (κ2) is 5.05. The van der Waals surface area contributed by atoms with Gasteiger partial charge in [0.1, 0.15) is 11.9 Å². The Hall–Kier alpha value is -1.75. The van der Waals surface area contributed by atoms with Gasteiger partial charge in [0, 0.05) is 24.5 Å². The largest absolute Gasteiger partial charge is 0.382 e. The molecule has 1 atom stereocenters. The second-order valence-corrected chi connectivity index (χ2v) is 3.82. The van der Waals surface area contributed by atoms with Gasteiger partial charge in [0.15, 0.2) is 0 Å². The first-order valence-corrected chi connectivity index (χ1v) is 5.52. The van der Waals surface area contributed by atoms with Crippen LogP contribution in [0.25, 0.3) is 0 Å². The smallest absolute Gasteiger partial charge is 0.141 e. The van der Waals surface area contributed by atoms with Gasteiger partial charge < -0.3 is 5.11 Å². The molecule has 0 bridgehead atoms. The summed E-state index contributed by atoms with van der Waals surface area (Å²) in [6.07, 6.45) is 4.22. The monoisotopic (exact) mass is 235 g/mol. The first-order chi connectivity index (χ1) is 8.22. The molecule has 2 aromatic rings. The van der Waals surface area contributed by atoms with E-state index in [-0.39, 0.29) is 0 Å². The van der Waals surface area contributed by atoms with Gasteiger partial charge in [0.05, 0.1) is 11.9 Å². The summed E-state index contributed by atoms with van der Waals surface area (Å²) in [6.45, 7) is 2.75. The van der Waals surface area contributed by atoms with Gasteiger partial charge in [-0.25, -0.2) is 4.39 Å². The molecule has 1 unspecified atom stereocenters. The highest BCUT2D eigenvalue weighted by atomic mass is 19.1. The summed E-state index contributed by atoms with van der Waals surface area (Å²) in [5.41, 5.74) is 1.09. The van der Waals surface area contributed by atoms with E-state index in [1.54, 1.807) is 16.9 Å². The van der Waals surface area contributed by atoms with Crippen LogP contribution in [0.5, 0.6) is 0 Å². The van der Waals surface area contributed by atoms with Crippen LogP contribution in [0.2, 0.25) is 0 Å². The summed E-state index contributed by atoms with van der Waals surface area (Å²) in [7, 11) is 0. The zero-order chi connectivity index (χ0) is 12.3. The van der Waals surface area contributed by atoms with E-state index in [1.807, 2.05) is 6.92 Å². The molecule has 2 rings (SSSR count). The van der Waals surface area contributed by atoms with Gasteiger partial charge in [-0.15, -0.1) is 0 Å². The molecule has 2 heterocycles. The van der Waals surface area contributed by atoms with Crippen molar-refractivity contribution in [3.05, 3.63) is 47.8 Å². The maximum absolute atomic E-state index is 13.0. The van der Waals surface area contributed by atoms with Crippen LogP contribution in [-0.2, 0) is 6.54 Å². The lowest BCUT2D eigenvalue weighted by Gasteiger charge is -2.12. The minimum Gasteiger partial charge on any atom is -0.382 e. The molecule has 0 saturated carbocycles. The molecule has 17 heavy (non-hydrogen) atoms. The molecule has 2 aromatic heterocycles. The molecule has 0 saturated heterocycles.